The van der Waals surface area contributed by atoms with Crippen molar-refractivity contribution in [3.63, 3.8) is 0 Å². The molecule has 7 heteroatoms. The van der Waals surface area contributed by atoms with Crippen LogP contribution in [0.4, 0.5) is 4.39 Å². The van der Waals surface area contributed by atoms with Crippen molar-refractivity contribution in [3.8, 4) is 0 Å². The average Bonchev–Trinajstić information content (AvgIpc) is 3.01. The smallest absolute Gasteiger partial charge is 0.335 e. The number of hydrogen-bond donors (Lipinski definition) is 1. The van der Waals surface area contributed by atoms with E-state index in [1.165, 1.54) is 25.4 Å². The lowest BCUT2D eigenvalue weighted by Gasteiger charge is -2.36. The van der Waals surface area contributed by atoms with Gasteiger partial charge in [0.15, 0.2) is 5.70 Å². The van der Waals surface area contributed by atoms with E-state index in [2.05, 4.69) is 15.0 Å². The summed E-state index contributed by atoms with van der Waals surface area (Å²) in [5.74, 6) is -0.665. The summed E-state index contributed by atoms with van der Waals surface area (Å²) < 4.78 is 17.0. The Labute approximate surface area is 162 Å². The van der Waals surface area contributed by atoms with Gasteiger partial charge in [0, 0.05) is 23.5 Å². The van der Waals surface area contributed by atoms with Crippen molar-refractivity contribution >= 4 is 17.4 Å². The quantitative estimate of drug-likeness (QED) is 0.376. The number of allylic oxidation sites excluding steroid dienone is 1. The SMILES string of the molecule is COC(=O)C=C[N+]1([O-])C(=C(C)C)NC(c2ccc(F)cc2)=C1c1cccnc1. The molecule has 0 fully saturated rings. The fraction of sp³-hybridized carbons (Fsp3) is 0.143. The fourth-order valence-corrected chi connectivity index (χ4v) is 3.04. The second-order valence-electron chi connectivity index (χ2n) is 6.44. The van der Waals surface area contributed by atoms with Gasteiger partial charge in [-0.05, 0) is 50.2 Å². The average molecular weight is 381 g/mol. The molecule has 1 aromatic heterocycles. The predicted octanol–water partition coefficient (Wildman–Crippen LogP) is 3.90. The number of methoxy groups -OCH3 is 1. The van der Waals surface area contributed by atoms with Crippen LogP contribution in [0.1, 0.15) is 25.0 Å². The maximum Gasteiger partial charge on any atom is 0.335 e. The van der Waals surface area contributed by atoms with Crippen LogP contribution < -0.4 is 5.32 Å². The number of carbonyl (C=O) groups excluding carboxylic acids is 1. The first kappa shape index (κ1) is 19.5. The van der Waals surface area contributed by atoms with Crippen LogP contribution >= 0.6 is 0 Å². The van der Waals surface area contributed by atoms with Gasteiger partial charge >= 0.3 is 5.97 Å². The minimum absolute atomic E-state index is 0.344. The lowest BCUT2D eigenvalue weighted by molar-refractivity contribution is -0.707. The Morgan fingerprint density at radius 1 is 1.21 bits per heavy atom. The minimum atomic E-state index is -1.03. The molecule has 1 aliphatic heterocycles. The molecule has 0 radical (unpaired) electrons. The maximum absolute atomic E-state index is 14.0. The number of nitrogens with one attached hydrogen (secondary N) is 1. The van der Waals surface area contributed by atoms with E-state index in [-0.39, 0.29) is 5.82 Å². The Hall–Kier alpha value is -3.29. The molecule has 1 N–H and O–H groups in total. The molecule has 0 saturated carbocycles. The predicted molar refractivity (Wildman–Crippen MR) is 104 cm³/mol. The summed E-state index contributed by atoms with van der Waals surface area (Å²) in [6.45, 7) is 3.60. The molecule has 2 aromatic rings. The molecular weight excluding hydrogens is 361 g/mol. The van der Waals surface area contributed by atoms with Gasteiger partial charge in [-0.1, -0.05) is 0 Å². The molecule has 0 bridgehead atoms. The van der Waals surface area contributed by atoms with Crippen LogP contribution in [-0.4, -0.2) is 22.7 Å². The summed E-state index contributed by atoms with van der Waals surface area (Å²) in [7, 11) is 1.24. The van der Waals surface area contributed by atoms with E-state index in [1.807, 2.05) is 0 Å². The molecule has 144 valence electrons. The monoisotopic (exact) mass is 381 g/mol. The first-order valence-electron chi connectivity index (χ1n) is 8.60. The Bertz CT molecular complexity index is 978. The number of aromatic nitrogens is 1. The third kappa shape index (κ3) is 3.58. The summed E-state index contributed by atoms with van der Waals surface area (Å²) >= 11 is 0. The lowest BCUT2D eigenvalue weighted by atomic mass is 10.1. The van der Waals surface area contributed by atoms with E-state index in [0.29, 0.717) is 28.3 Å². The molecule has 1 atom stereocenters. The van der Waals surface area contributed by atoms with Gasteiger partial charge < -0.3 is 15.3 Å². The Morgan fingerprint density at radius 3 is 2.50 bits per heavy atom. The number of nitrogens with zero attached hydrogens (tertiary/aromatic N) is 2. The molecule has 0 amide bonds. The highest BCUT2D eigenvalue weighted by molar-refractivity contribution is 5.90. The third-order valence-electron chi connectivity index (χ3n) is 4.31. The maximum atomic E-state index is 14.0. The number of ether oxygens (including phenoxy) is 1. The summed E-state index contributed by atoms with van der Waals surface area (Å²) in [6.07, 6.45) is 5.50. The molecule has 0 spiro atoms. The van der Waals surface area contributed by atoms with Gasteiger partial charge in [0.1, 0.15) is 17.7 Å². The Kier molecular flexibility index (Phi) is 5.39. The fourth-order valence-electron chi connectivity index (χ4n) is 3.04. The Morgan fingerprint density at radius 2 is 1.93 bits per heavy atom. The van der Waals surface area contributed by atoms with Crippen molar-refractivity contribution in [2.45, 2.75) is 13.8 Å². The van der Waals surface area contributed by atoms with Gasteiger partial charge in [-0.15, -0.1) is 0 Å². The number of quaternary nitrogens is 1. The largest absolute Gasteiger partial charge is 0.616 e. The van der Waals surface area contributed by atoms with Gasteiger partial charge in [0.25, 0.3) is 0 Å². The van der Waals surface area contributed by atoms with E-state index in [1.54, 1.807) is 50.5 Å². The first-order chi connectivity index (χ1) is 13.4. The van der Waals surface area contributed by atoms with Crippen molar-refractivity contribution in [1.82, 2.24) is 10.3 Å². The molecule has 0 saturated heterocycles. The highest BCUT2D eigenvalue weighted by Crippen LogP contribution is 2.43. The van der Waals surface area contributed by atoms with Gasteiger partial charge in [-0.25, -0.2) is 9.18 Å². The van der Waals surface area contributed by atoms with Gasteiger partial charge in [-0.2, -0.15) is 0 Å². The molecule has 28 heavy (non-hydrogen) atoms. The highest BCUT2D eigenvalue weighted by atomic mass is 19.1. The molecule has 1 unspecified atom stereocenters. The van der Waals surface area contributed by atoms with E-state index in [4.69, 9.17) is 0 Å². The normalized spacial score (nSPS) is 19.1. The molecule has 1 aromatic carbocycles. The van der Waals surface area contributed by atoms with E-state index in [9.17, 15) is 14.4 Å². The summed E-state index contributed by atoms with van der Waals surface area (Å²) in [5.41, 5.74) is 2.82. The number of rotatable bonds is 4. The third-order valence-corrected chi connectivity index (χ3v) is 4.31. The summed E-state index contributed by atoms with van der Waals surface area (Å²) in [6, 6.07) is 9.33. The number of carbonyl (C=O) groups is 1. The van der Waals surface area contributed by atoms with Gasteiger partial charge in [0.2, 0.25) is 5.82 Å². The molecule has 0 aliphatic carbocycles. The van der Waals surface area contributed by atoms with E-state index < -0.39 is 10.6 Å². The van der Waals surface area contributed by atoms with E-state index in [0.717, 1.165) is 11.6 Å². The minimum Gasteiger partial charge on any atom is -0.616 e. The van der Waals surface area contributed by atoms with Crippen molar-refractivity contribution in [3.05, 3.63) is 94.6 Å². The van der Waals surface area contributed by atoms with Crippen molar-refractivity contribution < 1.29 is 18.6 Å². The zero-order valence-corrected chi connectivity index (χ0v) is 15.8. The molecule has 6 nitrogen and oxygen atoms in total. The van der Waals surface area contributed by atoms with Crippen molar-refractivity contribution in [2.24, 2.45) is 0 Å². The first-order valence-corrected chi connectivity index (χ1v) is 8.60. The second kappa shape index (κ2) is 7.75. The van der Waals surface area contributed by atoms with Gasteiger partial charge in [0.05, 0.1) is 18.7 Å². The van der Waals surface area contributed by atoms with Crippen LogP contribution in [0.15, 0.2) is 72.5 Å². The highest BCUT2D eigenvalue weighted by Gasteiger charge is 2.40. The van der Waals surface area contributed by atoms with Crippen LogP contribution in [-0.2, 0) is 9.53 Å². The number of halogens is 1. The topological polar surface area (TPSA) is 74.3 Å². The van der Waals surface area contributed by atoms with Crippen LogP contribution in [0, 0.1) is 11.0 Å². The number of benzene rings is 1. The standard InChI is InChI=1S/C21H20FN3O3/c1-14(2)21-24-19(15-6-8-17(22)9-7-15)20(16-5-4-11-23-13-16)25(21,27)12-10-18(26)28-3/h4-13,24H,1-3H3. The van der Waals surface area contributed by atoms with Crippen molar-refractivity contribution in [2.75, 3.05) is 7.11 Å². The molecule has 3 rings (SSSR count). The van der Waals surface area contributed by atoms with Crippen LogP contribution in [0.3, 0.4) is 0 Å². The van der Waals surface area contributed by atoms with Crippen LogP contribution in [0.25, 0.3) is 11.4 Å². The zero-order valence-electron chi connectivity index (χ0n) is 15.8. The zero-order chi connectivity index (χ0) is 20.3. The second-order valence-corrected chi connectivity index (χ2v) is 6.44. The Balaban J connectivity index is 2.29. The van der Waals surface area contributed by atoms with E-state index >= 15 is 0 Å². The molecular formula is C21H20FN3O3. The molecule has 1 aliphatic rings. The lowest BCUT2D eigenvalue weighted by Crippen LogP contribution is -2.34. The molecule has 2 heterocycles. The van der Waals surface area contributed by atoms with Crippen LogP contribution in [0.2, 0.25) is 0 Å². The summed E-state index contributed by atoms with van der Waals surface area (Å²) in [5, 5.41) is 17.2. The number of hydroxylamine groups is 3. The van der Waals surface area contributed by atoms with Crippen molar-refractivity contribution in [1.29, 1.82) is 0 Å². The summed E-state index contributed by atoms with van der Waals surface area (Å²) in [4.78, 5) is 15.8. The van der Waals surface area contributed by atoms with Gasteiger partial charge in [-0.3, -0.25) is 9.63 Å². The number of esters is 1. The number of pyridine rings is 1. The number of hydrogen-bond acceptors (Lipinski definition) is 5. The van der Waals surface area contributed by atoms with Crippen LogP contribution in [0.5, 0.6) is 0 Å².